The molecule has 1 spiro atoms. The number of carbonyl (C=O) groups excluding carboxylic acids is 3. The van der Waals surface area contributed by atoms with E-state index in [0.717, 1.165) is 6.54 Å². The number of fused-ring (bicyclic) bond motifs is 13. The number of ketones is 1. The van der Waals surface area contributed by atoms with Crippen LogP contribution < -0.4 is 26.1 Å². The molecule has 0 radical (unpaired) electrons. The average molecular weight is 960 g/mol. The maximum atomic E-state index is 14.9. The zero-order chi connectivity index (χ0) is 50.5. The van der Waals surface area contributed by atoms with Gasteiger partial charge >= 0.3 is 11.9 Å². The van der Waals surface area contributed by atoms with Gasteiger partial charge in [0.25, 0.3) is 11.7 Å². The van der Waals surface area contributed by atoms with Gasteiger partial charge in [-0.2, -0.15) is 0 Å². The lowest BCUT2D eigenvalue weighted by Crippen LogP contribution is -2.50. The molecule has 17 nitrogen and oxygen atoms in total. The van der Waals surface area contributed by atoms with E-state index < -0.39 is 88.7 Å². The first kappa shape index (κ1) is 51.8. The van der Waals surface area contributed by atoms with E-state index in [4.69, 9.17) is 33.7 Å². The van der Waals surface area contributed by atoms with Crippen LogP contribution in [0.4, 0.5) is 10.5 Å². The van der Waals surface area contributed by atoms with E-state index in [1.807, 2.05) is 20.8 Å². The summed E-state index contributed by atoms with van der Waals surface area (Å²) in [4.78, 5) is 55.4. The molecular formula is C52H73N5O12. The number of ether oxygens (including phenoxy) is 5. The number of anilines is 1. The summed E-state index contributed by atoms with van der Waals surface area (Å²) < 4.78 is 30.6. The number of amides is 2. The summed E-state index contributed by atoms with van der Waals surface area (Å²) in [6.07, 6.45) is 5.30. The van der Waals surface area contributed by atoms with Crippen molar-refractivity contribution < 1.29 is 58.5 Å². The minimum Gasteiger partial charge on any atom is -0.507 e. The molecule has 6 N–H and O–H groups in total. The van der Waals surface area contributed by atoms with E-state index >= 15 is 0 Å². The second kappa shape index (κ2) is 20.0. The molecule has 5 bridgehead atoms. The van der Waals surface area contributed by atoms with Crippen molar-refractivity contribution in [3.8, 4) is 17.2 Å². The standard InChI is InChI=1S/C52H73N5O12/c1-26(2)25-57-20-18-52(19-21-57)55-38-35-36-43(60)32(8)46-37(35)47(62)51(11,69-46)67-23-17-34(65-12)29(5)45(68-49(64)53-33-16-22-66-50(9,10)24-33)31(7)42(59)30(6)41(58)27(3)14-13-15-28(4)48(63)54-40(44(36)61)39(38)56-52/h13-15,17,23,26-27,29-31,33-34,41-42,45,58-61H,16,18-22,24-25H2,1-12H3,(H,53,64)(H,54,63)/b14-13-,23-17-,28-15-/t27-,29+,30+,31+,33?,34-,41-,42+,45+,51-/m0/s1. The number of benzene rings is 2. The van der Waals surface area contributed by atoms with Crippen LogP contribution in [0.5, 0.6) is 17.2 Å². The Balaban J connectivity index is 1.33. The SMILES string of the molecule is CO[C@H]1/C=C\O[C@@]2(C)Oc3c(C)c(O)c4c(O)c(c5c(c4c3C2=O)=NC2(CCN(CC(C)C)CC2)N=5)NC(=O)/C(C)=C\C=C/[C@H](C)[C@H](O)[C@@H](C)[C@@H](O)[C@@H](C)[C@H](OC(=O)NC2CCOC(C)(C)C2)[C@@H]1C. The van der Waals surface area contributed by atoms with E-state index in [-0.39, 0.29) is 61.4 Å². The summed E-state index contributed by atoms with van der Waals surface area (Å²) in [5.74, 6) is -6.16. The highest BCUT2D eigenvalue weighted by Gasteiger charge is 2.50. The maximum Gasteiger partial charge on any atom is 0.407 e. The van der Waals surface area contributed by atoms with E-state index in [1.165, 1.54) is 20.3 Å². The molecule has 2 saturated heterocycles. The number of rotatable bonds is 5. The number of hydrogen-bond acceptors (Lipinski definition) is 15. The Morgan fingerprint density at radius 1 is 0.957 bits per heavy atom. The molecule has 6 aliphatic heterocycles. The fraction of sp³-hybridized carbons (Fsp3) is 0.635. The number of alkyl carbamates (subject to hydrolysis) is 1. The van der Waals surface area contributed by atoms with Gasteiger partial charge in [0, 0.05) is 99.4 Å². The molecule has 2 aromatic rings. The second-order valence-corrected chi connectivity index (χ2v) is 21.2. The Kier molecular flexibility index (Phi) is 15.0. The van der Waals surface area contributed by atoms with Gasteiger partial charge in [-0.25, -0.2) is 4.79 Å². The van der Waals surface area contributed by atoms with Gasteiger partial charge in [0.15, 0.2) is 11.4 Å². The van der Waals surface area contributed by atoms with Crippen LogP contribution in [0.2, 0.25) is 0 Å². The fourth-order valence-electron chi connectivity index (χ4n) is 10.7. The number of methoxy groups -OCH3 is 1. The number of carbonyl (C=O) groups is 3. The highest BCUT2D eigenvalue weighted by Crippen LogP contribution is 2.50. The van der Waals surface area contributed by atoms with Crippen LogP contribution in [0.15, 0.2) is 46.1 Å². The van der Waals surface area contributed by atoms with E-state index in [9.17, 15) is 34.8 Å². The van der Waals surface area contributed by atoms with Gasteiger partial charge in [0.1, 0.15) is 28.6 Å². The highest BCUT2D eigenvalue weighted by atomic mass is 16.7. The van der Waals surface area contributed by atoms with Gasteiger partial charge in [-0.05, 0) is 52.5 Å². The Morgan fingerprint density at radius 2 is 1.64 bits per heavy atom. The lowest BCUT2D eigenvalue weighted by molar-refractivity contribution is -0.112. The molecule has 1 unspecified atom stereocenters. The first-order valence-electron chi connectivity index (χ1n) is 24.4. The lowest BCUT2D eigenvalue weighted by atomic mass is 9.78. The number of phenols is 2. The number of nitrogens with one attached hydrogen (secondary N) is 2. The van der Waals surface area contributed by atoms with Crippen LogP contribution in [0.25, 0.3) is 10.8 Å². The van der Waals surface area contributed by atoms with Gasteiger partial charge in [-0.3, -0.25) is 19.6 Å². The molecule has 10 atom stereocenters. The summed E-state index contributed by atoms with van der Waals surface area (Å²) >= 11 is 0. The maximum absolute atomic E-state index is 14.9. The lowest BCUT2D eigenvalue weighted by Gasteiger charge is -2.39. The summed E-state index contributed by atoms with van der Waals surface area (Å²) in [6.45, 7) is 22.7. The van der Waals surface area contributed by atoms with Crippen LogP contribution >= 0.6 is 0 Å². The summed E-state index contributed by atoms with van der Waals surface area (Å²) in [5, 5.41) is 53.9. The molecule has 0 aromatic heterocycles. The predicted molar refractivity (Wildman–Crippen MR) is 259 cm³/mol. The van der Waals surface area contributed by atoms with Crippen molar-refractivity contribution in [3.63, 3.8) is 0 Å². The minimum atomic E-state index is -1.99. The normalized spacial score (nSPS) is 33.4. The van der Waals surface area contributed by atoms with Crippen molar-refractivity contribution in [3.05, 3.63) is 58.0 Å². The molecule has 0 saturated carbocycles. The highest BCUT2D eigenvalue weighted by molar-refractivity contribution is 6.19. The number of phenolic OH excluding ortho intramolecular Hbond substituents is 2. The van der Waals surface area contributed by atoms with Crippen LogP contribution in [-0.4, -0.2) is 124 Å². The molecular weight excluding hydrogens is 887 g/mol. The number of nitrogens with zero attached hydrogens (tertiary/aromatic N) is 3. The first-order valence-corrected chi connectivity index (χ1v) is 24.4. The van der Waals surface area contributed by atoms with Crippen molar-refractivity contribution in [2.24, 2.45) is 39.6 Å². The second-order valence-electron chi connectivity index (χ2n) is 21.2. The number of allylic oxidation sites excluding steroid dienone is 2. The molecule has 17 heteroatoms. The monoisotopic (exact) mass is 960 g/mol. The Bertz CT molecular complexity index is 2550. The fourth-order valence-corrected chi connectivity index (χ4v) is 10.7. The van der Waals surface area contributed by atoms with Crippen molar-refractivity contribution in [2.75, 3.05) is 38.7 Å². The third-order valence-electron chi connectivity index (χ3n) is 14.9. The smallest absolute Gasteiger partial charge is 0.407 e. The van der Waals surface area contributed by atoms with Crippen molar-refractivity contribution in [1.29, 1.82) is 0 Å². The van der Waals surface area contributed by atoms with Crippen molar-refractivity contribution in [2.45, 2.75) is 149 Å². The Labute approximate surface area is 404 Å². The first-order chi connectivity index (χ1) is 32.4. The molecule has 2 amide bonds. The summed E-state index contributed by atoms with van der Waals surface area (Å²) in [5.41, 5.74) is -1.05. The Morgan fingerprint density at radius 3 is 2.29 bits per heavy atom. The van der Waals surface area contributed by atoms with Gasteiger partial charge in [-0.1, -0.05) is 59.8 Å². The molecule has 6 aliphatic rings. The van der Waals surface area contributed by atoms with E-state index in [1.54, 1.807) is 58.9 Å². The number of aromatic hydroxyl groups is 2. The third-order valence-corrected chi connectivity index (χ3v) is 14.9. The number of Topliss-reactive ketones (excluding diaryl/α,β-unsaturated/α-hetero) is 1. The number of piperidine rings is 1. The van der Waals surface area contributed by atoms with Crippen molar-refractivity contribution in [1.82, 2.24) is 10.2 Å². The number of hydrogen-bond donors (Lipinski definition) is 6. The molecule has 69 heavy (non-hydrogen) atoms. The van der Waals surface area contributed by atoms with Gasteiger partial charge in [0.05, 0.1) is 46.5 Å². The summed E-state index contributed by atoms with van der Waals surface area (Å²) in [6, 6.07) is -0.212. The van der Waals surface area contributed by atoms with Crippen LogP contribution in [0.3, 0.4) is 0 Å². The van der Waals surface area contributed by atoms with E-state index in [2.05, 4.69) is 29.4 Å². The zero-order valence-electron chi connectivity index (χ0n) is 42.2. The van der Waals surface area contributed by atoms with Crippen LogP contribution in [-0.2, 0) is 23.7 Å². The zero-order valence-corrected chi connectivity index (χ0v) is 42.2. The molecule has 6 heterocycles. The Hall–Kier alpha value is -5.07. The molecule has 0 aliphatic carbocycles. The van der Waals surface area contributed by atoms with Crippen LogP contribution in [0, 0.1) is 36.5 Å². The predicted octanol–water partition coefficient (Wildman–Crippen LogP) is 5.87. The molecule has 378 valence electrons. The number of aliphatic hydroxyl groups excluding tert-OH is 2. The number of aliphatic hydroxyl groups is 2. The quantitative estimate of drug-likeness (QED) is 0.193. The minimum absolute atomic E-state index is 0.0295. The van der Waals surface area contributed by atoms with Gasteiger partial charge in [-0.15, -0.1) is 0 Å². The topological polar surface area (TPSA) is 230 Å². The average Bonchev–Trinajstić information content (AvgIpc) is 3.79. The van der Waals surface area contributed by atoms with E-state index in [0.29, 0.717) is 51.3 Å². The molecule has 2 aromatic carbocycles. The molecule has 2 fully saturated rings. The van der Waals surface area contributed by atoms with Gasteiger partial charge < -0.3 is 59.6 Å². The third kappa shape index (κ3) is 10.3. The summed E-state index contributed by atoms with van der Waals surface area (Å²) in [7, 11) is 1.48. The molecule has 8 rings (SSSR count). The number of likely N-dealkylation sites (tertiary alicyclic amines) is 1. The van der Waals surface area contributed by atoms with Crippen LogP contribution in [0.1, 0.15) is 111 Å². The largest absolute Gasteiger partial charge is 0.507 e. The van der Waals surface area contributed by atoms with Gasteiger partial charge in [0.2, 0.25) is 0 Å². The van der Waals surface area contributed by atoms with Crippen molar-refractivity contribution >= 4 is 34.2 Å².